The summed E-state index contributed by atoms with van der Waals surface area (Å²) in [7, 11) is 3.37. The second-order valence-corrected chi connectivity index (χ2v) is 9.80. The third-order valence-electron chi connectivity index (χ3n) is 6.68. The van der Waals surface area contributed by atoms with Gasteiger partial charge in [0.2, 0.25) is 0 Å². The van der Waals surface area contributed by atoms with Gasteiger partial charge >= 0.3 is 12.4 Å². The van der Waals surface area contributed by atoms with Crippen molar-refractivity contribution in [2.75, 3.05) is 45.2 Å². The summed E-state index contributed by atoms with van der Waals surface area (Å²) >= 11 is 0. The predicted octanol–water partition coefficient (Wildman–Crippen LogP) is 6.12. The summed E-state index contributed by atoms with van der Waals surface area (Å²) in [5.41, 5.74) is -0.869. The number of pyridine rings is 1. The molecule has 1 fully saturated rings. The lowest BCUT2D eigenvalue weighted by Crippen LogP contribution is -2.44. The monoisotopic (exact) mass is 550 g/mol. The zero-order valence-corrected chi connectivity index (χ0v) is 21.7. The topological polar surface area (TPSA) is 39.7 Å². The van der Waals surface area contributed by atoms with Gasteiger partial charge in [0.25, 0.3) is 5.91 Å². The van der Waals surface area contributed by atoms with Crippen molar-refractivity contribution < 1.29 is 31.1 Å². The maximum absolute atomic E-state index is 13.5. The van der Waals surface area contributed by atoms with Gasteiger partial charge in [-0.05, 0) is 49.9 Å². The summed E-state index contributed by atoms with van der Waals surface area (Å²) < 4.78 is 79.9. The number of aromatic nitrogens is 1. The number of carbonyl (C=O) groups is 1. The lowest BCUT2D eigenvalue weighted by molar-refractivity contribution is -0.143. The highest BCUT2D eigenvalue weighted by atomic mass is 19.4. The molecule has 0 saturated carbocycles. The average molecular weight is 551 g/mol. The molecule has 0 unspecified atom stereocenters. The fourth-order valence-electron chi connectivity index (χ4n) is 4.43. The molecule has 3 aromatic rings. The quantitative estimate of drug-likeness (QED) is 0.359. The summed E-state index contributed by atoms with van der Waals surface area (Å²) in [6.45, 7) is 4.66. The van der Waals surface area contributed by atoms with E-state index in [9.17, 15) is 31.1 Å². The zero-order chi connectivity index (χ0) is 28.5. The van der Waals surface area contributed by atoms with Gasteiger partial charge in [0.1, 0.15) is 5.82 Å². The molecule has 0 spiro atoms. The van der Waals surface area contributed by atoms with Crippen LogP contribution in [0.4, 0.5) is 32.2 Å². The number of benzene rings is 2. The van der Waals surface area contributed by atoms with Crippen molar-refractivity contribution in [3.8, 4) is 11.3 Å². The molecule has 39 heavy (non-hydrogen) atoms. The number of carbonyl (C=O) groups excluding carboxylic acids is 1. The van der Waals surface area contributed by atoms with E-state index >= 15 is 0 Å². The molecule has 0 N–H and O–H groups in total. The maximum Gasteiger partial charge on any atom is 0.416 e. The van der Waals surface area contributed by atoms with E-state index in [-0.39, 0.29) is 17.2 Å². The number of nitrogens with zero attached hydrogens (tertiary/aromatic N) is 4. The Morgan fingerprint density at radius 2 is 1.44 bits per heavy atom. The van der Waals surface area contributed by atoms with Crippen LogP contribution in [0.3, 0.4) is 0 Å². The van der Waals surface area contributed by atoms with E-state index in [0.717, 1.165) is 36.6 Å². The van der Waals surface area contributed by atoms with Crippen LogP contribution in [0.25, 0.3) is 11.3 Å². The number of hydrogen-bond acceptors (Lipinski definition) is 4. The molecule has 208 valence electrons. The maximum atomic E-state index is 13.5. The van der Waals surface area contributed by atoms with E-state index in [1.54, 1.807) is 12.1 Å². The number of rotatable bonds is 5. The Morgan fingerprint density at radius 1 is 0.872 bits per heavy atom. The van der Waals surface area contributed by atoms with E-state index in [4.69, 9.17) is 4.98 Å². The van der Waals surface area contributed by atoms with Crippen molar-refractivity contribution in [2.24, 2.45) is 0 Å². The molecule has 1 aliphatic heterocycles. The number of likely N-dealkylation sites (N-methyl/N-ethyl adjacent to an activating group) is 1. The minimum absolute atomic E-state index is 0.0712. The number of halogens is 6. The van der Waals surface area contributed by atoms with Gasteiger partial charge in [-0.2, -0.15) is 26.3 Å². The van der Waals surface area contributed by atoms with Gasteiger partial charge < -0.3 is 14.7 Å². The van der Waals surface area contributed by atoms with Gasteiger partial charge in [0.05, 0.1) is 22.4 Å². The SMILES string of the molecule is Cc1ccc(-c2nc(N3CCN(C)CC3)ccc2C(=O)N(C)Cc2cc(C(F)(F)F)cc(C(F)(F)F)c2)cc1. The molecule has 0 radical (unpaired) electrons. The molecule has 4 rings (SSSR count). The van der Waals surface area contributed by atoms with Gasteiger partial charge in [0, 0.05) is 45.3 Å². The van der Waals surface area contributed by atoms with Crippen molar-refractivity contribution in [1.29, 1.82) is 0 Å². The Kier molecular flexibility index (Phi) is 7.92. The molecule has 2 heterocycles. The standard InChI is InChI=1S/C28H28F6N4O/c1-18-4-6-20(7-5-18)25-23(8-9-24(35-25)38-12-10-36(2)11-13-38)26(39)37(3)17-19-14-21(27(29,30)31)16-22(15-19)28(32,33)34/h4-9,14-16H,10-13,17H2,1-3H3. The van der Waals surface area contributed by atoms with Gasteiger partial charge in [0.15, 0.2) is 0 Å². The van der Waals surface area contributed by atoms with Crippen LogP contribution in [-0.2, 0) is 18.9 Å². The van der Waals surface area contributed by atoms with Gasteiger partial charge in [-0.1, -0.05) is 29.8 Å². The van der Waals surface area contributed by atoms with E-state index in [1.165, 1.54) is 7.05 Å². The Bertz CT molecular complexity index is 1300. The Morgan fingerprint density at radius 3 is 1.97 bits per heavy atom. The fourth-order valence-corrected chi connectivity index (χ4v) is 4.43. The van der Waals surface area contributed by atoms with Crippen LogP contribution in [-0.4, -0.2) is 61.0 Å². The minimum atomic E-state index is -4.97. The second kappa shape index (κ2) is 10.9. The summed E-state index contributed by atoms with van der Waals surface area (Å²) in [5.74, 6) is 0.111. The normalized spacial score (nSPS) is 14.9. The molecular formula is C28H28F6N4O. The van der Waals surface area contributed by atoms with E-state index in [2.05, 4.69) is 9.80 Å². The van der Waals surface area contributed by atoms with Crippen molar-refractivity contribution in [3.05, 3.63) is 82.4 Å². The third-order valence-corrected chi connectivity index (χ3v) is 6.68. The lowest BCUT2D eigenvalue weighted by Gasteiger charge is -2.33. The van der Waals surface area contributed by atoms with Crippen molar-refractivity contribution >= 4 is 11.7 Å². The van der Waals surface area contributed by atoms with Crippen LogP contribution >= 0.6 is 0 Å². The summed E-state index contributed by atoms with van der Waals surface area (Å²) in [6.07, 6.45) is -9.94. The second-order valence-electron chi connectivity index (χ2n) is 9.80. The molecule has 1 amide bonds. The number of alkyl halides is 6. The van der Waals surface area contributed by atoms with Crippen LogP contribution in [0.2, 0.25) is 0 Å². The smallest absolute Gasteiger partial charge is 0.354 e. The largest absolute Gasteiger partial charge is 0.416 e. The number of amides is 1. The van der Waals surface area contributed by atoms with Gasteiger partial charge in [-0.3, -0.25) is 4.79 Å². The summed E-state index contributed by atoms with van der Waals surface area (Å²) in [5, 5.41) is 0. The fraction of sp³-hybridized carbons (Fsp3) is 0.357. The average Bonchev–Trinajstić information content (AvgIpc) is 2.87. The highest BCUT2D eigenvalue weighted by molar-refractivity contribution is 6.00. The van der Waals surface area contributed by atoms with Crippen LogP contribution in [0.5, 0.6) is 0 Å². The molecule has 2 aromatic carbocycles. The predicted molar refractivity (Wildman–Crippen MR) is 136 cm³/mol. The van der Waals surface area contributed by atoms with Crippen LogP contribution in [0, 0.1) is 6.92 Å². The summed E-state index contributed by atoms with van der Waals surface area (Å²) in [4.78, 5) is 23.7. The molecule has 11 heteroatoms. The Balaban J connectivity index is 1.68. The Hall–Kier alpha value is -3.60. The van der Waals surface area contributed by atoms with Gasteiger partial charge in [-0.25, -0.2) is 4.98 Å². The molecule has 1 aromatic heterocycles. The minimum Gasteiger partial charge on any atom is -0.354 e. The van der Waals surface area contributed by atoms with E-state index in [1.807, 2.05) is 38.2 Å². The number of piperazine rings is 1. The van der Waals surface area contributed by atoms with Crippen LogP contribution in [0.1, 0.15) is 32.6 Å². The first-order valence-electron chi connectivity index (χ1n) is 12.3. The zero-order valence-electron chi connectivity index (χ0n) is 21.7. The summed E-state index contributed by atoms with van der Waals surface area (Å²) in [6, 6.07) is 12.1. The molecular weight excluding hydrogens is 522 g/mol. The highest BCUT2D eigenvalue weighted by Gasteiger charge is 2.37. The van der Waals surface area contributed by atoms with Crippen molar-refractivity contribution in [3.63, 3.8) is 0 Å². The van der Waals surface area contributed by atoms with E-state index < -0.39 is 35.9 Å². The molecule has 1 saturated heterocycles. The molecule has 1 aliphatic rings. The number of aryl methyl sites for hydroxylation is 1. The first-order chi connectivity index (χ1) is 18.2. The highest BCUT2D eigenvalue weighted by Crippen LogP contribution is 2.37. The third kappa shape index (κ3) is 6.70. The van der Waals surface area contributed by atoms with E-state index in [0.29, 0.717) is 29.2 Å². The molecule has 0 atom stereocenters. The first-order valence-corrected chi connectivity index (χ1v) is 12.3. The molecule has 0 bridgehead atoms. The Labute approximate surface area is 222 Å². The van der Waals surface area contributed by atoms with Crippen molar-refractivity contribution in [1.82, 2.24) is 14.8 Å². The molecule has 0 aliphatic carbocycles. The number of anilines is 1. The molecule has 5 nitrogen and oxygen atoms in total. The lowest BCUT2D eigenvalue weighted by atomic mass is 10.0. The van der Waals surface area contributed by atoms with Crippen molar-refractivity contribution in [2.45, 2.75) is 25.8 Å². The van der Waals surface area contributed by atoms with Crippen LogP contribution in [0.15, 0.2) is 54.6 Å². The van der Waals surface area contributed by atoms with Crippen LogP contribution < -0.4 is 4.90 Å². The first kappa shape index (κ1) is 28.4. The number of hydrogen-bond donors (Lipinski definition) is 0. The van der Waals surface area contributed by atoms with Gasteiger partial charge in [-0.15, -0.1) is 0 Å².